The lowest BCUT2D eigenvalue weighted by molar-refractivity contribution is -0.385. The Morgan fingerprint density at radius 1 is 1.09 bits per heavy atom. The molecular weight excluding hydrogens is 470 g/mol. The van der Waals surface area contributed by atoms with Gasteiger partial charge in [0.25, 0.3) is 15.7 Å². The van der Waals surface area contributed by atoms with Gasteiger partial charge in [-0.05, 0) is 43.3 Å². The van der Waals surface area contributed by atoms with Crippen molar-refractivity contribution in [1.82, 2.24) is 10.7 Å². The van der Waals surface area contributed by atoms with Crippen molar-refractivity contribution < 1.29 is 23.2 Å². The number of carbonyl (C=O) groups is 1. The number of anilines is 2. The van der Waals surface area contributed by atoms with Gasteiger partial charge in [0, 0.05) is 18.2 Å². The van der Waals surface area contributed by atoms with E-state index in [1.807, 2.05) is 0 Å². The average Bonchev–Trinajstić information content (AvgIpc) is 2.78. The number of nitro groups is 1. The maximum absolute atomic E-state index is 13.1. The maximum atomic E-state index is 13.1. The molecule has 0 bridgehead atoms. The van der Waals surface area contributed by atoms with Crippen LogP contribution >= 0.6 is 12.2 Å². The third kappa shape index (κ3) is 6.29. The lowest BCUT2D eigenvalue weighted by Crippen LogP contribution is -2.45. The van der Waals surface area contributed by atoms with Crippen molar-refractivity contribution >= 4 is 50.4 Å². The number of nitro benzene ring substituents is 1. The van der Waals surface area contributed by atoms with Crippen molar-refractivity contribution in [2.45, 2.75) is 43.0 Å². The minimum atomic E-state index is -4.42. The van der Waals surface area contributed by atoms with Crippen molar-refractivity contribution in [3.8, 4) is 0 Å². The Morgan fingerprint density at radius 2 is 1.79 bits per heavy atom. The van der Waals surface area contributed by atoms with Gasteiger partial charge >= 0.3 is 5.97 Å². The van der Waals surface area contributed by atoms with Gasteiger partial charge in [0.15, 0.2) is 5.11 Å². The fourth-order valence-electron chi connectivity index (χ4n) is 3.50. The fraction of sp³-hybridized carbons (Fsp3) is 0.300. The summed E-state index contributed by atoms with van der Waals surface area (Å²) in [5, 5.41) is 24.0. The van der Waals surface area contributed by atoms with Crippen LogP contribution < -0.4 is 20.9 Å². The molecule has 0 heterocycles. The van der Waals surface area contributed by atoms with E-state index in [4.69, 9.17) is 12.2 Å². The number of thiocarbonyl (C=S) groups is 1. The molecule has 0 saturated heterocycles. The molecule has 0 spiro atoms. The summed E-state index contributed by atoms with van der Waals surface area (Å²) in [6.45, 7) is 0. The Kier molecular flexibility index (Phi) is 7.66. The molecular formula is C20H23N5O6S2. The number of sulfonamides is 1. The number of hydrogen-bond acceptors (Lipinski definition) is 7. The highest BCUT2D eigenvalue weighted by Crippen LogP contribution is 2.29. The van der Waals surface area contributed by atoms with Crippen molar-refractivity contribution in [2.75, 3.05) is 10.1 Å². The van der Waals surface area contributed by atoms with E-state index < -0.39 is 31.5 Å². The molecule has 2 aromatic carbocycles. The number of para-hydroxylation sites is 1. The second-order valence-corrected chi connectivity index (χ2v) is 9.51. The van der Waals surface area contributed by atoms with Gasteiger partial charge in [-0.15, -0.1) is 0 Å². The van der Waals surface area contributed by atoms with Crippen LogP contribution in [0.15, 0.2) is 47.4 Å². The summed E-state index contributed by atoms with van der Waals surface area (Å²) in [7, 11) is -4.42. The number of carboxylic acid groups (broad SMARTS) is 1. The quantitative estimate of drug-likeness (QED) is 0.210. The minimum absolute atomic E-state index is 0.00583. The first kappa shape index (κ1) is 24.2. The summed E-state index contributed by atoms with van der Waals surface area (Å²) in [6, 6.07) is 8.91. The van der Waals surface area contributed by atoms with Crippen LogP contribution in [-0.4, -0.2) is 35.6 Å². The molecule has 0 unspecified atom stereocenters. The summed E-state index contributed by atoms with van der Waals surface area (Å²) in [5.74, 6) is -1.33. The van der Waals surface area contributed by atoms with E-state index in [2.05, 4.69) is 20.9 Å². The molecule has 33 heavy (non-hydrogen) atoms. The molecule has 0 aromatic heterocycles. The lowest BCUT2D eigenvalue weighted by Gasteiger charge is -2.24. The molecule has 3 rings (SSSR count). The second kappa shape index (κ2) is 10.4. The summed E-state index contributed by atoms with van der Waals surface area (Å²) in [5.41, 5.74) is 4.50. The Hall–Kier alpha value is -3.45. The van der Waals surface area contributed by atoms with E-state index in [1.165, 1.54) is 36.8 Å². The zero-order valence-electron chi connectivity index (χ0n) is 17.4. The van der Waals surface area contributed by atoms with Crippen molar-refractivity contribution in [2.24, 2.45) is 0 Å². The van der Waals surface area contributed by atoms with Gasteiger partial charge in [0.1, 0.15) is 4.90 Å². The van der Waals surface area contributed by atoms with E-state index >= 15 is 0 Å². The zero-order valence-corrected chi connectivity index (χ0v) is 19.0. The van der Waals surface area contributed by atoms with Crippen LogP contribution in [0.25, 0.3) is 0 Å². The fourth-order valence-corrected chi connectivity index (χ4v) is 4.98. The van der Waals surface area contributed by atoms with E-state index in [1.54, 1.807) is 0 Å². The smallest absolute Gasteiger partial charge is 0.337 e. The van der Waals surface area contributed by atoms with Gasteiger partial charge < -0.3 is 10.4 Å². The third-order valence-corrected chi connectivity index (χ3v) is 6.74. The zero-order chi connectivity index (χ0) is 24.0. The standard InChI is InChI=1S/C20H23N5O6S2/c26-19(27)15-8-4-5-9-16(15)24-33(30,31)18-12-14(25(28)29)10-11-17(18)22-23-20(32)21-13-6-2-1-3-7-13/h4-5,8-13,22,24H,1-3,6-7H2,(H,26,27)(H2,21,23,32). The van der Waals surface area contributed by atoms with Gasteiger partial charge in [-0.25, -0.2) is 13.2 Å². The third-order valence-electron chi connectivity index (χ3n) is 5.12. The molecule has 0 radical (unpaired) electrons. The SMILES string of the molecule is O=C(O)c1ccccc1NS(=O)(=O)c1cc([N+](=O)[O-])ccc1NNC(=S)NC1CCCCC1. The summed E-state index contributed by atoms with van der Waals surface area (Å²) < 4.78 is 28.4. The number of benzene rings is 2. The average molecular weight is 494 g/mol. The number of hydrazine groups is 1. The number of hydrogen-bond donors (Lipinski definition) is 5. The maximum Gasteiger partial charge on any atom is 0.337 e. The Bertz CT molecular complexity index is 1170. The molecule has 1 saturated carbocycles. The molecule has 176 valence electrons. The molecule has 1 aliphatic carbocycles. The Morgan fingerprint density at radius 3 is 2.45 bits per heavy atom. The molecule has 0 amide bonds. The number of rotatable bonds is 8. The monoisotopic (exact) mass is 493 g/mol. The summed E-state index contributed by atoms with van der Waals surface area (Å²) in [4.78, 5) is 21.5. The van der Waals surface area contributed by atoms with E-state index in [0.717, 1.165) is 37.8 Å². The van der Waals surface area contributed by atoms with Gasteiger partial charge in [-0.2, -0.15) is 0 Å². The Balaban J connectivity index is 1.85. The normalized spacial score (nSPS) is 14.2. The minimum Gasteiger partial charge on any atom is -0.478 e. The van der Waals surface area contributed by atoms with Crippen LogP contribution in [0.1, 0.15) is 42.5 Å². The molecule has 2 aromatic rings. The molecule has 0 atom stereocenters. The lowest BCUT2D eigenvalue weighted by atomic mass is 9.96. The molecule has 11 nitrogen and oxygen atoms in total. The van der Waals surface area contributed by atoms with Gasteiger partial charge in [0.05, 0.1) is 21.9 Å². The summed E-state index contributed by atoms with van der Waals surface area (Å²) in [6.07, 6.45) is 5.33. The molecule has 1 fully saturated rings. The van der Waals surface area contributed by atoms with Crippen LogP contribution in [0, 0.1) is 10.1 Å². The topological polar surface area (TPSA) is 163 Å². The number of nitrogens with one attached hydrogen (secondary N) is 4. The first-order valence-electron chi connectivity index (χ1n) is 10.1. The van der Waals surface area contributed by atoms with E-state index in [0.29, 0.717) is 0 Å². The molecule has 5 N–H and O–H groups in total. The highest BCUT2D eigenvalue weighted by Gasteiger charge is 2.25. The first-order valence-corrected chi connectivity index (χ1v) is 12.0. The number of aromatic carboxylic acids is 1. The highest BCUT2D eigenvalue weighted by molar-refractivity contribution is 7.93. The van der Waals surface area contributed by atoms with Gasteiger partial charge in [-0.1, -0.05) is 31.4 Å². The second-order valence-electron chi connectivity index (χ2n) is 7.45. The predicted octanol–water partition coefficient (Wildman–Crippen LogP) is 3.22. The highest BCUT2D eigenvalue weighted by atomic mass is 32.2. The molecule has 0 aliphatic heterocycles. The van der Waals surface area contributed by atoms with E-state index in [-0.39, 0.29) is 28.1 Å². The summed E-state index contributed by atoms with van der Waals surface area (Å²) >= 11 is 5.27. The molecule has 13 heteroatoms. The Labute approximate surface area is 195 Å². The predicted molar refractivity (Wildman–Crippen MR) is 127 cm³/mol. The van der Waals surface area contributed by atoms with E-state index in [9.17, 15) is 28.4 Å². The van der Waals surface area contributed by atoms with Crippen LogP contribution in [0.4, 0.5) is 17.1 Å². The number of carboxylic acids is 1. The van der Waals surface area contributed by atoms with Gasteiger partial charge in [-0.3, -0.25) is 25.7 Å². The van der Waals surface area contributed by atoms with Crippen molar-refractivity contribution in [3.05, 3.63) is 58.1 Å². The van der Waals surface area contributed by atoms with Crippen LogP contribution in [0.3, 0.4) is 0 Å². The number of non-ortho nitro benzene ring substituents is 1. The van der Waals surface area contributed by atoms with Crippen molar-refractivity contribution in [3.63, 3.8) is 0 Å². The van der Waals surface area contributed by atoms with Crippen LogP contribution in [0.5, 0.6) is 0 Å². The van der Waals surface area contributed by atoms with Crippen LogP contribution in [-0.2, 0) is 10.0 Å². The largest absolute Gasteiger partial charge is 0.478 e. The van der Waals surface area contributed by atoms with Crippen LogP contribution in [0.2, 0.25) is 0 Å². The van der Waals surface area contributed by atoms with Crippen molar-refractivity contribution in [1.29, 1.82) is 0 Å². The first-order chi connectivity index (χ1) is 15.7. The van der Waals surface area contributed by atoms with Gasteiger partial charge in [0.2, 0.25) is 0 Å². The molecule has 1 aliphatic rings. The number of nitrogens with zero attached hydrogens (tertiary/aromatic N) is 1.